The SMILES string of the molecule is CCCCOc1ccc(C(=O)N[C@H](CCO)C(=O)O)cc1. The van der Waals surface area contributed by atoms with Gasteiger partial charge in [0.05, 0.1) is 6.61 Å². The average Bonchev–Trinajstić information content (AvgIpc) is 2.47. The van der Waals surface area contributed by atoms with Gasteiger partial charge in [-0.1, -0.05) is 13.3 Å². The highest BCUT2D eigenvalue weighted by Crippen LogP contribution is 2.13. The number of amides is 1. The van der Waals surface area contributed by atoms with Gasteiger partial charge in [0, 0.05) is 18.6 Å². The quantitative estimate of drug-likeness (QED) is 0.599. The number of aliphatic hydroxyl groups is 1. The number of nitrogens with one attached hydrogen (secondary N) is 1. The Morgan fingerprint density at radius 1 is 1.29 bits per heavy atom. The Hall–Kier alpha value is -2.08. The first-order valence-corrected chi connectivity index (χ1v) is 6.95. The molecule has 1 aromatic carbocycles. The van der Waals surface area contributed by atoms with E-state index in [1.165, 1.54) is 0 Å². The van der Waals surface area contributed by atoms with Gasteiger partial charge in [0.2, 0.25) is 0 Å². The van der Waals surface area contributed by atoms with E-state index in [-0.39, 0.29) is 13.0 Å². The van der Waals surface area contributed by atoms with Gasteiger partial charge in [0.1, 0.15) is 11.8 Å². The molecule has 1 aromatic rings. The summed E-state index contributed by atoms with van der Waals surface area (Å²) in [6.07, 6.45) is 1.98. The third kappa shape index (κ3) is 5.83. The molecule has 0 aromatic heterocycles. The van der Waals surface area contributed by atoms with Crippen LogP contribution in [0.2, 0.25) is 0 Å². The van der Waals surface area contributed by atoms with E-state index in [9.17, 15) is 9.59 Å². The van der Waals surface area contributed by atoms with Crippen molar-refractivity contribution in [3.05, 3.63) is 29.8 Å². The maximum Gasteiger partial charge on any atom is 0.326 e. The fourth-order valence-corrected chi connectivity index (χ4v) is 1.66. The first kappa shape index (κ1) is 17.0. The third-order valence-corrected chi connectivity index (χ3v) is 2.90. The van der Waals surface area contributed by atoms with Crippen molar-refractivity contribution < 1.29 is 24.5 Å². The molecule has 6 heteroatoms. The summed E-state index contributed by atoms with van der Waals surface area (Å²) in [5.74, 6) is -0.988. The fraction of sp³-hybridized carbons (Fsp3) is 0.467. The second-order valence-electron chi connectivity index (χ2n) is 4.60. The van der Waals surface area contributed by atoms with Crippen molar-refractivity contribution in [2.24, 2.45) is 0 Å². The van der Waals surface area contributed by atoms with E-state index in [2.05, 4.69) is 12.2 Å². The highest BCUT2D eigenvalue weighted by Gasteiger charge is 2.19. The molecule has 0 bridgehead atoms. The number of carbonyl (C=O) groups is 2. The summed E-state index contributed by atoms with van der Waals surface area (Å²) in [6.45, 7) is 2.39. The van der Waals surface area contributed by atoms with Crippen LogP contribution in [-0.4, -0.2) is 41.3 Å². The molecule has 1 atom stereocenters. The molecule has 0 fully saturated rings. The fourth-order valence-electron chi connectivity index (χ4n) is 1.66. The number of benzene rings is 1. The van der Waals surface area contributed by atoms with Crippen molar-refractivity contribution in [1.29, 1.82) is 0 Å². The summed E-state index contributed by atoms with van der Waals surface area (Å²) in [7, 11) is 0. The van der Waals surface area contributed by atoms with Crippen LogP contribution in [0.3, 0.4) is 0 Å². The molecule has 1 amide bonds. The van der Waals surface area contributed by atoms with Gasteiger partial charge in [-0.05, 0) is 30.7 Å². The Morgan fingerprint density at radius 2 is 1.95 bits per heavy atom. The Labute approximate surface area is 123 Å². The van der Waals surface area contributed by atoms with Crippen LogP contribution in [0.1, 0.15) is 36.5 Å². The van der Waals surface area contributed by atoms with Gasteiger partial charge >= 0.3 is 5.97 Å². The van der Waals surface area contributed by atoms with Gasteiger partial charge in [-0.15, -0.1) is 0 Å². The zero-order valence-electron chi connectivity index (χ0n) is 12.0. The van der Waals surface area contributed by atoms with Crippen LogP contribution in [0.5, 0.6) is 5.75 Å². The average molecular weight is 295 g/mol. The number of aliphatic hydroxyl groups excluding tert-OH is 1. The third-order valence-electron chi connectivity index (χ3n) is 2.90. The van der Waals surface area contributed by atoms with Crippen LogP contribution in [-0.2, 0) is 4.79 Å². The number of rotatable bonds is 9. The molecule has 0 aliphatic heterocycles. The minimum Gasteiger partial charge on any atom is -0.494 e. The largest absolute Gasteiger partial charge is 0.494 e. The second kappa shape index (κ2) is 8.97. The van der Waals surface area contributed by atoms with Gasteiger partial charge in [-0.3, -0.25) is 4.79 Å². The molecular formula is C15H21NO5. The van der Waals surface area contributed by atoms with Crippen molar-refractivity contribution in [1.82, 2.24) is 5.32 Å². The van der Waals surface area contributed by atoms with E-state index in [4.69, 9.17) is 14.9 Å². The van der Waals surface area contributed by atoms with Crippen LogP contribution in [0.25, 0.3) is 0 Å². The predicted octanol–water partition coefficient (Wildman–Crippen LogP) is 1.43. The van der Waals surface area contributed by atoms with E-state index in [0.29, 0.717) is 17.9 Å². The number of unbranched alkanes of at least 4 members (excludes halogenated alkanes) is 1. The molecule has 1 rings (SSSR count). The van der Waals surface area contributed by atoms with Crippen LogP contribution in [0.15, 0.2) is 24.3 Å². The lowest BCUT2D eigenvalue weighted by molar-refractivity contribution is -0.139. The Morgan fingerprint density at radius 3 is 2.48 bits per heavy atom. The molecule has 116 valence electrons. The number of aliphatic carboxylic acids is 1. The maximum absolute atomic E-state index is 11.9. The van der Waals surface area contributed by atoms with Gasteiger partial charge in [-0.2, -0.15) is 0 Å². The molecule has 0 heterocycles. The van der Waals surface area contributed by atoms with Crippen molar-refractivity contribution in [2.75, 3.05) is 13.2 Å². The highest BCUT2D eigenvalue weighted by atomic mass is 16.5. The molecule has 0 unspecified atom stereocenters. The van der Waals surface area contributed by atoms with Crippen molar-refractivity contribution in [3.63, 3.8) is 0 Å². The molecule has 0 saturated heterocycles. The normalized spacial score (nSPS) is 11.7. The van der Waals surface area contributed by atoms with Crippen molar-refractivity contribution >= 4 is 11.9 Å². The standard InChI is InChI=1S/C15H21NO5/c1-2-3-10-21-12-6-4-11(5-7-12)14(18)16-13(8-9-17)15(19)20/h4-7,13,17H,2-3,8-10H2,1H3,(H,16,18)(H,19,20)/t13-/m1/s1. The summed E-state index contributed by atoms with van der Waals surface area (Å²) in [6, 6.07) is 5.41. The van der Waals surface area contributed by atoms with Crippen LogP contribution < -0.4 is 10.1 Å². The molecule has 0 radical (unpaired) electrons. The molecule has 3 N–H and O–H groups in total. The lowest BCUT2D eigenvalue weighted by atomic mass is 10.1. The van der Waals surface area contributed by atoms with Crippen LogP contribution >= 0.6 is 0 Å². The lowest BCUT2D eigenvalue weighted by Gasteiger charge is -2.13. The van der Waals surface area contributed by atoms with E-state index in [0.717, 1.165) is 12.8 Å². The summed E-state index contributed by atoms with van der Waals surface area (Å²) in [5, 5.41) is 20.1. The van der Waals surface area contributed by atoms with Gasteiger partial charge < -0.3 is 20.3 Å². The molecule has 0 saturated carbocycles. The predicted molar refractivity (Wildman–Crippen MR) is 77.4 cm³/mol. The summed E-state index contributed by atoms with van der Waals surface area (Å²) < 4.78 is 5.48. The van der Waals surface area contributed by atoms with Gasteiger partial charge in [0.15, 0.2) is 0 Å². The van der Waals surface area contributed by atoms with Gasteiger partial charge in [0.25, 0.3) is 5.91 Å². The number of hydrogen-bond donors (Lipinski definition) is 3. The monoisotopic (exact) mass is 295 g/mol. The number of carbonyl (C=O) groups excluding carboxylic acids is 1. The maximum atomic E-state index is 11.9. The topological polar surface area (TPSA) is 95.9 Å². The van der Waals surface area contributed by atoms with Gasteiger partial charge in [-0.25, -0.2) is 4.79 Å². The number of carboxylic acids is 1. The highest BCUT2D eigenvalue weighted by molar-refractivity contribution is 5.96. The molecule has 21 heavy (non-hydrogen) atoms. The van der Waals surface area contributed by atoms with E-state index >= 15 is 0 Å². The van der Waals surface area contributed by atoms with E-state index in [1.807, 2.05) is 0 Å². The molecule has 6 nitrogen and oxygen atoms in total. The Balaban J connectivity index is 2.59. The number of ether oxygens (including phenoxy) is 1. The van der Waals surface area contributed by atoms with Crippen LogP contribution in [0.4, 0.5) is 0 Å². The Bertz CT molecular complexity index is 458. The molecular weight excluding hydrogens is 274 g/mol. The Kier molecular flexibility index (Phi) is 7.25. The molecule has 0 aliphatic carbocycles. The van der Waals surface area contributed by atoms with Crippen molar-refractivity contribution in [3.8, 4) is 5.75 Å². The van der Waals surface area contributed by atoms with E-state index in [1.54, 1.807) is 24.3 Å². The zero-order chi connectivity index (χ0) is 15.7. The number of carboxylic acid groups (broad SMARTS) is 1. The first-order chi connectivity index (χ1) is 10.1. The minimum absolute atomic E-state index is 0.0285. The first-order valence-electron chi connectivity index (χ1n) is 6.95. The minimum atomic E-state index is -1.17. The molecule has 0 aliphatic rings. The smallest absolute Gasteiger partial charge is 0.326 e. The number of hydrogen-bond acceptors (Lipinski definition) is 4. The zero-order valence-corrected chi connectivity index (χ0v) is 12.0. The summed E-state index contributed by atoms with van der Waals surface area (Å²) in [4.78, 5) is 22.8. The summed E-state index contributed by atoms with van der Waals surface area (Å²) >= 11 is 0. The molecule has 0 spiro atoms. The lowest BCUT2D eigenvalue weighted by Crippen LogP contribution is -2.41. The van der Waals surface area contributed by atoms with Crippen molar-refractivity contribution in [2.45, 2.75) is 32.2 Å². The second-order valence-corrected chi connectivity index (χ2v) is 4.60. The van der Waals surface area contributed by atoms with Crippen LogP contribution in [0, 0.1) is 0 Å². The summed E-state index contributed by atoms with van der Waals surface area (Å²) in [5.41, 5.74) is 0.349. The van der Waals surface area contributed by atoms with E-state index < -0.39 is 17.9 Å².